The summed E-state index contributed by atoms with van der Waals surface area (Å²) in [5.74, 6) is -2.31. The molecule has 10 heteroatoms. The van der Waals surface area contributed by atoms with Gasteiger partial charge in [-0.05, 0) is 6.92 Å². The van der Waals surface area contributed by atoms with Crippen molar-refractivity contribution in [3.63, 3.8) is 0 Å². The Kier molecular flexibility index (Phi) is 4.67. The number of nitrogens with zero attached hydrogens (tertiary/aromatic N) is 5. The third kappa shape index (κ3) is 3.12. The van der Waals surface area contributed by atoms with Crippen LogP contribution in [0.1, 0.15) is 38.3 Å². The van der Waals surface area contributed by atoms with Gasteiger partial charge in [-0.2, -0.15) is 10.2 Å². The Morgan fingerprint density at radius 2 is 2.00 bits per heavy atom. The molecule has 0 bridgehead atoms. The number of carboxylic acid groups (broad SMARTS) is 1. The fraction of sp³-hybridized carbons (Fsp3) is 0.357. The number of rotatable bonds is 5. The number of carboxylic acids is 1. The third-order valence-electron chi connectivity index (χ3n) is 3.27. The lowest BCUT2D eigenvalue weighted by Crippen LogP contribution is -2.26. The van der Waals surface area contributed by atoms with Crippen molar-refractivity contribution in [1.29, 1.82) is 0 Å². The topological polar surface area (TPSA) is 122 Å². The molecule has 0 aliphatic heterocycles. The fourth-order valence-corrected chi connectivity index (χ4v) is 2.16. The van der Waals surface area contributed by atoms with Crippen LogP contribution in [-0.4, -0.2) is 61.4 Å². The molecular weight excluding hydrogens is 316 g/mol. The zero-order chi connectivity index (χ0) is 18.0. The minimum atomic E-state index is -1.31. The van der Waals surface area contributed by atoms with Crippen LogP contribution in [-0.2, 0) is 13.6 Å². The first-order valence-corrected chi connectivity index (χ1v) is 7.12. The first-order chi connectivity index (χ1) is 11.3. The molecule has 0 aromatic carbocycles. The number of nitrogens with one attached hydrogen (secondary N) is 1. The van der Waals surface area contributed by atoms with E-state index in [-0.39, 0.29) is 28.5 Å². The van der Waals surface area contributed by atoms with Crippen LogP contribution in [0.15, 0.2) is 12.4 Å². The monoisotopic (exact) mass is 334 g/mol. The molecule has 128 valence electrons. The SMILES string of the molecule is CCn1ncc(NC(=O)c2cn(C)nc2C(=O)O)c1C(=O)N(C)C. The van der Waals surface area contributed by atoms with Crippen LogP contribution in [0.25, 0.3) is 0 Å². The van der Waals surface area contributed by atoms with Crippen molar-refractivity contribution in [2.75, 3.05) is 19.4 Å². The van der Waals surface area contributed by atoms with E-state index in [1.165, 1.54) is 33.7 Å². The molecule has 0 aliphatic rings. The molecule has 0 aliphatic carbocycles. The van der Waals surface area contributed by atoms with Gasteiger partial charge in [0.1, 0.15) is 5.69 Å². The number of hydrogen-bond donors (Lipinski definition) is 2. The molecule has 24 heavy (non-hydrogen) atoms. The Balaban J connectivity index is 2.38. The van der Waals surface area contributed by atoms with E-state index in [2.05, 4.69) is 15.5 Å². The standard InChI is InChI=1S/C14H18N6O4/c1-5-20-11(13(22)18(2)3)9(6-15-20)16-12(21)8-7-19(4)17-10(8)14(23)24/h6-7H,5H2,1-4H3,(H,16,21)(H,23,24). The molecule has 0 radical (unpaired) electrons. The molecular formula is C14H18N6O4. The second kappa shape index (κ2) is 6.52. The predicted octanol–water partition coefficient (Wildman–Crippen LogP) is 0.289. The van der Waals surface area contributed by atoms with Crippen LogP contribution >= 0.6 is 0 Å². The van der Waals surface area contributed by atoms with Gasteiger partial charge in [-0.25, -0.2) is 4.79 Å². The lowest BCUT2D eigenvalue weighted by atomic mass is 10.2. The maximum atomic E-state index is 12.4. The summed E-state index contributed by atoms with van der Waals surface area (Å²) in [6.45, 7) is 2.26. The molecule has 2 amide bonds. The first-order valence-electron chi connectivity index (χ1n) is 7.12. The van der Waals surface area contributed by atoms with Crippen LogP contribution in [0.4, 0.5) is 5.69 Å². The largest absolute Gasteiger partial charge is 0.476 e. The number of anilines is 1. The molecule has 2 rings (SSSR count). The van der Waals surface area contributed by atoms with Crippen LogP contribution in [0.5, 0.6) is 0 Å². The van der Waals surface area contributed by atoms with Gasteiger partial charge in [0.2, 0.25) is 0 Å². The number of aromatic carboxylic acids is 1. The molecule has 0 unspecified atom stereocenters. The highest BCUT2D eigenvalue weighted by molar-refractivity contribution is 6.12. The minimum absolute atomic E-state index is 0.0995. The maximum absolute atomic E-state index is 12.4. The van der Waals surface area contributed by atoms with E-state index in [1.54, 1.807) is 14.1 Å². The molecule has 10 nitrogen and oxygen atoms in total. The van der Waals surface area contributed by atoms with Crippen LogP contribution in [0.3, 0.4) is 0 Å². The predicted molar refractivity (Wildman–Crippen MR) is 84.0 cm³/mol. The molecule has 0 atom stereocenters. The highest BCUT2D eigenvalue weighted by Crippen LogP contribution is 2.18. The second-order valence-electron chi connectivity index (χ2n) is 5.25. The molecule has 2 N–H and O–H groups in total. The van der Waals surface area contributed by atoms with E-state index in [0.717, 1.165) is 0 Å². The summed E-state index contributed by atoms with van der Waals surface area (Å²) in [6, 6.07) is 0. The fourth-order valence-electron chi connectivity index (χ4n) is 2.16. The summed E-state index contributed by atoms with van der Waals surface area (Å²) in [5.41, 5.74) is -0.0340. The normalized spacial score (nSPS) is 10.5. The highest BCUT2D eigenvalue weighted by atomic mass is 16.4. The van der Waals surface area contributed by atoms with Crippen LogP contribution in [0, 0.1) is 0 Å². The van der Waals surface area contributed by atoms with Crippen LogP contribution < -0.4 is 5.32 Å². The number of amides is 2. The van der Waals surface area contributed by atoms with E-state index in [1.807, 2.05) is 6.92 Å². The van der Waals surface area contributed by atoms with Crippen molar-refractivity contribution < 1.29 is 19.5 Å². The van der Waals surface area contributed by atoms with Gasteiger partial charge in [0.05, 0.1) is 17.4 Å². The van der Waals surface area contributed by atoms with Crippen LogP contribution in [0.2, 0.25) is 0 Å². The molecule has 0 spiro atoms. The molecule has 0 saturated heterocycles. The maximum Gasteiger partial charge on any atom is 0.357 e. The van der Waals surface area contributed by atoms with Gasteiger partial charge >= 0.3 is 5.97 Å². The number of carbonyl (C=O) groups is 3. The summed E-state index contributed by atoms with van der Waals surface area (Å²) >= 11 is 0. The summed E-state index contributed by atoms with van der Waals surface area (Å²) < 4.78 is 2.69. The van der Waals surface area contributed by atoms with Crippen molar-refractivity contribution in [3.05, 3.63) is 29.3 Å². The third-order valence-corrected chi connectivity index (χ3v) is 3.27. The van der Waals surface area contributed by atoms with Gasteiger partial charge in [0.15, 0.2) is 5.69 Å². The van der Waals surface area contributed by atoms with Gasteiger partial charge in [0.25, 0.3) is 11.8 Å². The van der Waals surface area contributed by atoms with E-state index in [4.69, 9.17) is 5.11 Å². The molecule has 2 aromatic heterocycles. The van der Waals surface area contributed by atoms with Crippen molar-refractivity contribution in [1.82, 2.24) is 24.5 Å². The second-order valence-corrected chi connectivity index (χ2v) is 5.25. The van der Waals surface area contributed by atoms with Crippen molar-refractivity contribution in [2.24, 2.45) is 7.05 Å². The Labute approximate surface area is 137 Å². The molecule has 2 heterocycles. The Bertz CT molecular complexity index is 804. The number of carbonyl (C=O) groups excluding carboxylic acids is 2. The zero-order valence-corrected chi connectivity index (χ0v) is 13.8. The van der Waals surface area contributed by atoms with Gasteiger partial charge in [-0.3, -0.25) is 19.0 Å². The average molecular weight is 334 g/mol. The van der Waals surface area contributed by atoms with E-state index in [9.17, 15) is 14.4 Å². The molecule has 2 aromatic rings. The summed E-state index contributed by atoms with van der Waals surface area (Å²) in [7, 11) is 4.69. The Hall–Kier alpha value is -3.17. The smallest absolute Gasteiger partial charge is 0.357 e. The lowest BCUT2D eigenvalue weighted by molar-refractivity contribution is 0.0685. The zero-order valence-electron chi connectivity index (χ0n) is 13.8. The van der Waals surface area contributed by atoms with E-state index >= 15 is 0 Å². The first kappa shape index (κ1) is 17.2. The van der Waals surface area contributed by atoms with Crippen molar-refractivity contribution in [2.45, 2.75) is 13.5 Å². The van der Waals surface area contributed by atoms with Gasteiger partial charge in [-0.15, -0.1) is 0 Å². The summed E-state index contributed by atoms with van der Waals surface area (Å²) in [4.78, 5) is 37.3. The van der Waals surface area contributed by atoms with E-state index < -0.39 is 11.9 Å². The number of hydrogen-bond acceptors (Lipinski definition) is 5. The number of aromatic nitrogens is 4. The van der Waals surface area contributed by atoms with Gasteiger partial charge < -0.3 is 15.3 Å². The highest BCUT2D eigenvalue weighted by Gasteiger charge is 2.25. The summed E-state index contributed by atoms with van der Waals surface area (Å²) in [6.07, 6.45) is 2.66. The van der Waals surface area contributed by atoms with Gasteiger partial charge in [0, 0.05) is 33.9 Å². The number of aryl methyl sites for hydroxylation is 2. The molecule has 0 fully saturated rings. The van der Waals surface area contributed by atoms with Crippen molar-refractivity contribution >= 4 is 23.5 Å². The Morgan fingerprint density at radius 3 is 2.54 bits per heavy atom. The minimum Gasteiger partial charge on any atom is -0.476 e. The Morgan fingerprint density at radius 1 is 1.33 bits per heavy atom. The molecule has 0 saturated carbocycles. The quantitative estimate of drug-likeness (QED) is 0.810. The van der Waals surface area contributed by atoms with Crippen molar-refractivity contribution in [3.8, 4) is 0 Å². The van der Waals surface area contributed by atoms with E-state index in [0.29, 0.717) is 6.54 Å². The average Bonchev–Trinajstić information content (AvgIpc) is 3.09. The summed E-state index contributed by atoms with van der Waals surface area (Å²) in [5, 5.41) is 19.5. The lowest BCUT2D eigenvalue weighted by Gasteiger charge is -2.13. The van der Waals surface area contributed by atoms with Gasteiger partial charge in [-0.1, -0.05) is 0 Å².